The number of thiophene rings is 1. The maximum Gasteiger partial charge on any atom is 0.240 e. The molecule has 2 rings (SSSR count). The Kier molecular flexibility index (Phi) is 7.62. The molecule has 0 radical (unpaired) electrons. The van der Waals surface area contributed by atoms with Crippen LogP contribution >= 0.6 is 11.3 Å². The lowest BCUT2D eigenvalue weighted by atomic mass is 10.2. The average molecular weight is 395 g/mol. The van der Waals surface area contributed by atoms with Crippen molar-refractivity contribution in [1.82, 2.24) is 15.4 Å². The van der Waals surface area contributed by atoms with Crippen LogP contribution in [0.4, 0.5) is 0 Å². The summed E-state index contributed by atoms with van der Waals surface area (Å²) in [6, 6.07) is 8.88. The van der Waals surface area contributed by atoms with E-state index >= 15 is 0 Å². The molecule has 0 amide bonds. The van der Waals surface area contributed by atoms with E-state index in [1.165, 1.54) is 10.4 Å². The van der Waals surface area contributed by atoms with Crippen molar-refractivity contribution < 1.29 is 8.42 Å². The largest absolute Gasteiger partial charge is 0.357 e. The minimum atomic E-state index is -3.49. The number of hydrogen-bond acceptors (Lipinski definition) is 4. The summed E-state index contributed by atoms with van der Waals surface area (Å²) < 4.78 is 27.1. The minimum Gasteiger partial charge on any atom is -0.357 e. The van der Waals surface area contributed by atoms with Crippen LogP contribution in [0.25, 0.3) is 0 Å². The van der Waals surface area contributed by atoms with Crippen LogP contribution in [0.5, 0.6) is 0 Å². The van der Waals surface area contributed by atoms with Gasteiger partial charge in [0.25, 0.3) is 0 Å². The quantitative estimate of drug-likeness (QED) is 0.365. The number of rotatable bonds is 8. The van der Waals surface area contributed by atoms with E-state index in [1.54, 1.807) is 35.6 Å². The van der Waals surface area contributed by atoms with Gasteiger partial charge >= 0.3 is 0 Å². The lowest BCUT2D eigenvalue weighted by Crippen LogP contribution is -2.41. The summed E-state index contributed by atoms with van der Waals surface area (Å²) in [5, 5.41) is 8.37. The van der Waals surface area contributed by atoms with Crippen LogP contribution < -0.4 is 15.4 Å². The highest BCUT2D eigenvalue weighted by Gasteiger charge is 2.12. The van der Waals surface area contributed by atoms with Crippen LogP contribution in [0.15, 0.2) is 45.6 Å². The van der Waals surface area contributed by atoms with Gasteiger partial charge in [0.2, 0.25) is 10.0 Å². The van der Waals surface area contributed by atoms with Crippen molar-refractivity contribution in [3.05, 3.63) is 51.7 Å². The molecule has 1 aromatic heterocycles. The molecule has 1 aromatic carbocycles. The molecule has 0 unspecified atom stereocenters. The first-order valence-electron chi connectivity index (χ1n) is 8.54. The predicted octanol–water partition coefficient (Wildman–Crippen LogP) is 2.40. The van der Waals surface area contributed by atoms with Crippen molar-refractivity contribution >= 4 is 27.3 Å². The number of guanidine groups is 1. The fourth-order valence-electron chi connectivity index (χ4n) is 2.23. The predicted molar refractivity (Wildman–Crippen MR) is 108 cm³/mol. The third kappa shape index (κ3) is 6.12. The van der Waals surface area contributed by atoms with Crippen molar-refractivity contribution in [2.24, 2.45) is 4.99 Å². The molecule has 3 N–H and O–H groups in total. The van der Waals surface area contributed by atoms with Crippen LogP contribution in [-0.4, -0.2) is 34.0 Å². The van der Waals surface area contributed by atoms with Gasteiger partial charge in [-0.1, -0.05) is 17.7 Å². The highest BCUT2D eigenvalue weighted by molar-refractivity contribution is 7.89. The summed E-state index contributed by atoms with van der Waals surface area (Å²) in [5.41, 5.74) is 2.26. The van der Waals surface area contributed by atoms with Gasteiger partial charge in [-0.05, 0) is 49.9 Å². The summed E-state index contributed by atoms with van der Waals surface area (Å²) in [7, 11) is -3.49. The van der Waals surface area contributed by atoms with Crippen molar-refractivity contribution in [3.63, 3.8) is 0 Å². The Bertz CT molecular complexity index is 827. The summed E-state index contributed by atoms with van der Waals surface area (Å²) in [5.74, 6) is 0.676. The molecule has 0 saturated heterocycles. The zero-order valence-electron chi connectivity index (χ0n) is 15.4. The average Bonchev–Trinajstić information content (AvgIpc) is 3.02. The van der Waals surface area contributed by atoms with E-state index in [0.29, 0.717) is 19.0 Å². The summed E-state index contributed by atoms with van der Waals surface area (Å²) in [4.78, 5) is 6.05. The highest BCUT2D eigenvalue weighted by Crippen LogP contribution is 2.16. The fraction of sp³-hybridized carbons (Fsp3) is 0.389. The third-order valence-corrected chi connectivity index (χ3v) is 6.22. The van der Waals surface area contributed by atoms with E-state index in [-0.39, 0.29) is 11.4 Å². The van der Waals surface area contributed by atoms with Gasteiger partial charge in [0.15, 0.2) is 5.96 Å². The first-order valence-corrected chi connectivity index (χ1v) is 10.9. The Morgan fingerprint density at radius 2 is 1.81 bits per heavy atom. The van der Waals surface area contributed by atoms with E-state index in [0.717, 1.165) is 12.1 Å². The number of aliphatic imine (C=N–C) groups is 1. The molecule has 0 fully saturated rings. The van der Waals surface area contributed by atoms with Crippen molar-refractivity contribution in [2.75, 3.05) is 19.6 Å². The first-order chi connectivity index (χ1) is 12.4. The smallest absolute Gasteiger partial charge is 0.240 e. The number of sulfonamides is 1. The van der Waals surface area contributed by atoms with Gasteiger partial charge in [-0.2, -0.15) is 0 Å². The first kappa shape index (κ1) is 20.4. The number of hydrogen-bond donors (Lipinski definition) is 3. The molecule has 0 saturated carbocycles. The van der Waals surface area contributed by atoms with E-state index in [9.17, 15) is 8.42 Å². The second-order valence-electron chi connectivity index (χ2n) is 5.86. The zero-order valence-corrected chi connectivity index (χ0v) is 17.0. The topological polar surface area (TPSA) is 82.6 Å². The molecule has 6 nitrogen and oxygen atoms in total. The lowest BCUT2D eigenvalue weighted by molar-refractivity contribution is 0.580. The summed E-state index contributed by atoms with van der Waals surface area (Å²) in [6.07, 6.45) is 0. The number of nitrogens with one attached hydrogen (secondary N) is 3. The standard InChI is InChI=1S/C18H26N4O2S2/c1-4-19-18(21-13-17-15(3)9-12-25-17)20-10-11-22-26(23,24)16-7-5-14(2)6-8-16/h5-9,12,22H,4,10-11,13H2,1-3H3,(H2,19,20,21). The van der Waals surface area contributed by atoms with E-state index in [4.69, 9.17) is 0 Å². The van der Waals surface area contributed by atoms with Gasteiger partial charge in [-0.3, -0.25) is 0 Å². The lowest BCUT2D eigenvalue weighted by Gasteiger charge is -2.12. The Hall–Kier alpha value is -1.90. The molecular formula is C18H26N4O2S2. The van der Waals surface area contributed by atoms with Crippen LogP contribution in [0, 0.1) is 13.8 Å². The van der Waals surface area contributed by atoms with Gasteiger partial charge < -0.3 is 10.6 Å². The van der Waals surface area contributed by atoms with Gasteiger partial charge in [-0.15, -0.1) is 11.3 Å². The van der Waals surface area contributed by atoms with Crippen LogP contribution in [0.1, 0.15) is 22.9 Å². The maximum absolute atomic E-state index is 12.2. The summed E-state index contributed by atoms with van der Waals surface area (Å²) in [6.45, 7) is 8.06. The van der Waals surface area contributed by atoms with Gasteiger partial charge in [0.05, 0.1) is 11.4 Å². The molecular weight excluding hydrogens is 368 g/mol. The Morgan fingerprint density at radius 1 is 1.08 bits per heavy atom. The minimum absolute atomic E-state index is 0.275. The molecule has 0 aliphatic rings. The number of benzene rings is 1. The van der Waals surface area contributed by atoms with Gasteiger partial charge in [-0.25, -0.2) is 18.1 Å². The molecule has 1 heterocycles. The molecule has 0 aliphatic heterocycles. The number of aryl methyl sites for hydroxylation is 2. The SMILES string of the molecule is CCNC(=NCc1sccc1C)NCCNS(=O)(=O)c1ccc(C)cc1. The van der Waals surface area contributed by atoms with Crippen LogP contribution in [-0.2, 0) is 16.6 Å². The monoisotopic (exact) mass is 394 g/mol. The van der Waals surface area contributed by atoms with Crippen molar-refractivity contribution in [1.29, 1.82) is 0 Å². The van der Waals surface area contributed by atoms with Crippen LogP contribution in [0.2, 0.25) is 0 Å². The molecule has 0 bridgehead atoms. The van der Waals surface area contributed by atoms with E-state index in [2.05, 4.69) is 38.7 Å². The zero-order chi connectivity index (χ0) is 19.0. The Morgan fingerprint density at radius 3 is 2.42 bits per heavy atom. The van der Waals surface area contributed by atoms with E-state index in [1.807, 2.05) is 13.8 Å². The van der Waals surface area contributed by atoms with Crippen molar-refractivity contribution in [3.8, 4) is 0 Å². The maximum atomic E-state index is 12.2. The molecule has 8 heteroatoms. The molecule has 0 spiro atoms. The van der Waals surface area contributed by atoms with Crippen molar-refractivity contribution in [2.45, 2.75) is 32.2 Å². The van der Waals surface area contributed by atoms with E-state index < -0.39 is 10.0 Å². The molecule has 2 aromatic rings. The highest BCUT2D eigenvalue weighted by atomic mass is 32.2. The van der Waals surface area contributed by atoms with Crippen LogP contribution in [0.3, 0.4) is 0 Å². The number of nitrogens with zero attached hydrogens (tertiary/aromatic N) is 1. The molecule has 0 atom stereocenters. The Balaban J connectivity index is 1.85. The van der Waals surface area contributed by atoms with Gasteiger partial charge in [0, 0.05) is 24.5 Å². The molecule has 142 valence electrons. The fourth-order valence-corrected chi connectivity index (χ4v) is 4.09. The molecule has 0 aliphatic carbocycles. The van der Waals surface area contributed by atoms with Gasteiger partial charge in [0.1, 0.15) is 0 Å². The second-order valence-corrected chi connectivity index (χ2v) is 8.63. The normalized spacial score (nSPS) is 12.2. The second kappa shape index (κ2) is 9.70. The summed E-state index contributed by atoms with van der Waals surface area (Å²) >= 11 is 1.69. The third-order valence-electron chi connectivity index (χ3n) is 3.73. The Labute approximate surface area is 159 Å². The molecule has 26 heavy (non-hydrogen) atoms.